The van der Waals surface area contributed by atoms with E-state index in [1.165, 1.54) is 13.0 Å². The molecule has 1 N–H and O–H groups in total. The second kappa shape index (κ2) is 3.73. The second-order valence-electron chi connectivity index (χ2n) is 3.95. The number of carbonyl (C=O) groups is 2. The molecule has 90 valence electrons. The predicted molar refractivity (Wildman–Crippen MR) is 54.9 cm³/mol. The van der Waals surface area contributed by atoms with Crippen LogP contribution in [0.2, 0.25) is 0 Å². The fourth-order valence-electron chi connectivity index (χ4n) is 1.95. The molecule has 6 heteroatoms. The Kier molecular flexibility index (Phi) is 2.49. The van der Waals surface area contributed by atoms with E-state index < -0.39 is 29.4 Å². The van der Waals surface area contributed by atoms with Crippen molar-refractivity contribution in [3.8, 4) is 5.75 Å². The van der Waals surface area contributed by atoms with E-state index in [0.717, 1.165) is 0 Å². The maximum Gasteiger partial charge on any atom is 0.343 e. The number of ether oxygens (including phenoxy) is 1. The topological polar surface area (TPSA) is 93.8 Å². The van der Waals surface area contributed by atoms with E-state index in [0.29, 0.717) is 5.76 Å². The molecule has 2 atom stereocenters. The molecule has 0 fully saturated rings. The first-order valence-corrected chi connectivity index (χ1v) is 5.01. The smallest absolute Gasteiger partial charge is 0.343 e. The van der Waals surface area contributed by atoms with E-state index in [4.69, 9.17) is 14.3 Å². The number of carbonyl (C=O) groups excluding carboxylic acids is 1. The predicted octanol–water partition coefficient (Wildman–Crippen LogP) is 0.672. The molecule has 1 aliphatic heterocycles. The van der Waals surface area contributed by atoms with Gasteiger partial charge in [-0.25, -0.2) is 4.79 Å². The number of esters is 1. The lowest BCUT2D eigenvalue weighted by Crippen LogP contribution is -2.38. The molecule has 0 saturated carbocycles. The lowest BCUT2D eigenvalue weighted by Gasteiger charge is -2.25. The average Bonchev–Trinajstić information content (AvgIpc) is 2.13. The summed E-state index contributed by atoms with van der Waals surface area (Å²) in [5, 5.41) is 8.92. The Morgan fingerprint density at radius 2 is 2.06 bits per heavy atom. The number of hydrogen-bond acceptors (Lipinski definition) is 5. The SMILES string of the molecule is Cc1cc2c(c(=O)o1)[C@H](C)[C@@H](C(=O)O)C(=O)O2. The molecule has 1 aliphatic rings. The number of aryl methyl sites for hydroxylation is 1. The first-order chi connectivity index (χ1) is 7.91. The van der Waals surface area contributed by atoms with Crippen LogP contribution >= 0.6 is 0 Å². The van der Waals surface area contributed by atoms with Crippen molar-refractivity contribution in [1.29, 1.82) is 0 Å². The molecule has 1 aromatic rings. The molecule has 0 amide bonds. The van der Waals surface area contributed by atoms with Crippen LogP contribution in [0.1, 0.15) is 24.2 Å². The zero-order valence-electron chi connectivity index (χ0n) is 9.22. The number of aliphatic carboxylic acids is 1. The van der Waals surface area contributed by atoms with E-state index in [9.17, 15) is 14.4 Å². The lowest BCUT2D eigenvalue weighted by molar-refractivity contribution is -0.155. The van der Waals surface area contributed by atoms with Crippen LogP contribution in [0.25, 0.3) is 0 Å². The number of carboxylic acid groups (broad SMARTS) is 1. The third-order valence-electron chi connectivity index (χ3n) is 2.76. The van der Waals surface area contributed by atoms with E-state index in [1.807, 2.05) is 0 Å². The van der Waals surface area contributed by atoms with Gasteiger partial charge in [-0.3, -0.25) is 9.59 Å². The maximum absolute atomic E-state index is 11.6. The van der Waals surface area contributed by atoms with Crippen molar-refractivity contribution in [2.45, 2.75) is 19.8 Å². The van der Waals surface area contributed by atoms with Crippen molar-refractivity contribution < 1.29 is 23.8 Å². The van der Waals surface area contributed by atoms with Crippen molar-refractivity contribution >= 4 is 11.9 Å². The van der Waals surface area contributed by atoms with Crippen molar-refractivity contribution in [1.82, 2.24) is 0 Å². The van der Waals surface area contributed by atoms with Gasteiger partial charge in [0.1, 0.15) is 11.5 Å². The van der Waals surface area contributed by atoms with Gasteiger partial charge in [0.15, 0.2) is 5.92 Å². The molecule has 2 heterocycles. The van der Waals surface area contributed by atoms with Gasteiger partial charge in [0.2, 0.25) is 0 Å². The standard InChI is InChI=1S/C11H10O6/c1-4-3-6-7(10(14)16-4)5(2)8(9(12)13)11(15)17-6/h3,5,8H,1-2H3,(H,12,13)/t5-,8-/m0/s1. The van der Waals surface area contributed by atoms with Gasteiger partial charge in [0, 0.05) is 12.0 Å². The summed E-state index contributed by atoms with van der Waals surface area (Å²) in [5.41, 5.74) is -0.561. The minimum Gasteiger partial charge on any atom is -0.481 e. The van der Waals surface area contributed by atoms with Gasteiger partial charge in [-0.2, -0.15) is 0 Å². The summed E-state index contributed by atoms with van der Waals surface area (Å²) in [6, 6.07) is 1.41. The summed E-state index contributed by atoms with van der Waals surface area (Å²) in [6.45, 7) is 3.04. The fraction of sp³-hybridized carbons (Fsp3) is 0.364. The van der Waals surface area contributed by atoms with E-state index in [2.05, 4.69) is 0 Å². The molecule has 0 spiro atoms. The van der Waals surface area contributed by atoms with E-state index >= 15 is 0 Å². The fourth-order valence-corrected chi connectivity index (χ4v) is 1.95. The van der Waals surface area contributed by atoms with Crippen LogP contribution in [0, 0.1) is 12.8 Å². The zero-order chi connectivity index (χ0) is 12.7. The minimum atomic E-state index is -1.37. The Bertz CT molecular complexity index is 556. The molecular weight excluding hydrogens is 228 g/mol. The monoisotopic (exact) mass is 238 g/mol. The maximum atomic E-state index is 11.6. The Labute approximate surface area is 95.8 Å². The minimum absolute atomic E-state index is 0.0914. The van der Waals surface area contributed by atoms with Crippen molar-refractivity contribution in [2.24, 2.45) is 5.92 Å². The summed E-state index contributed by atoms with van der Waals surface area (Å²) in [5.74, 6) is -3.90. The number of carboxylic acids is 1. The van der Waals surface area contributed by atoms with Gasteiger partial charge in [0.25, 0.3) is 0 Å². The van der Waals surface area contributed by atoms with Gasteiger partial charge in [-0.1, -0.05) is 6.92 Å². The van der Waals surface area contributed by atoms with Crippen LogP contribution in [0.3, 0.4) is 0 Å². The van der Waals surface area contributed by atoms with Gasteiger partial charge in [-0.15, -0.1) is 0 Å². The molecule has 2 rings (SSSR count). The first kappa shape index (κ1) is 11.4. The summed E-state index contributed by atoms with van der Waals surface area (Å²) in [6.07, 6.45) is 0. The highest BCUT2D eigenvalue weighted by Crippen LogP contribution is 2.35. The highest BCUT2D eigenvalue weighted by Gasteiger charge is 2.42. The summed E-state index contributed by atoms with van der Waals surface area (Å²) < 4.78 is 9.73. The summed E-state index contributed by atoms with van der Waals surface area (Å²) >= 11 is 0. The second-order valence-corrected chi connectivity index (χ2v) is 3.95. The van der Waals surface area contributed by atoms with Crippen LogP contribution < -0.4 is 10.4 Å². The normalized spacial score (nSPS) is 22.8. The Hall–Kier alpha value is -2.11. The quantitative estimate of drug-likeness (QED) is 0.571. The van der Waals surface area contributed by atoms with Crippen LogP contribution in [0.4, 0.5) is 0 Å². The number of rotatable bonds is 1. The Balaban J connectivity index is 2.62. The van der Waals surface area contributed by atoms with Gasteiger partial charge < -0.3 is 14.3 Å². The van der Waals surface area contributed by atoms with E-state index in [1.54, 1.807) is 6.92 Å². The average molecular weight is 238 g/mol. The third kappa shape index (κ3) is 1.71. The van der Waals surface area contributed by atoms with Gasteiger partial charge >= 0.3 is 17.6 Å². The van der Waals surface area contributed by atoms with Crippen LogP contribution in [0.5, 0.6) is 5.75 Å². The van der Waals surface area contributed by atoms with Gasteiger partial charge in [0.05, 0.1) is 5.56 Å². The van der Waals surface area contributed by atoms with Crippen LogP contribution in [-0.4, -0.2) is 17.0 Å². The van der Waals surface area contributed by atoms with Crippen molar-refractivity contribution in [2.75, 3.05) is 0 Å². The summed E-state index contributed by atoms with van der Waals surface area (Å²) in [7, 11) is 0. The van der Waals surface area contributed by atoms with Gasteiger partial charge in [-0.05, 0) is 6.92 Å². The molecule has 0 unspecified atom stereocenters. The third-order valence-corrected chi connectivity index (χ3v) is 2.76. The Morgan fingerprint density at radius 1 is 1.41 bits per heavy atom. The highest BCUT2D eigenvalue weighted by atomic mass is 16.5. The van der Waals surface area contributed by atoms with Crippen LogP contribution in [-0.2, 0) is 9.59 Å². The molecule has 0 radical (unpaired) electrons. The van der Waals surface area contributed by atoms with E-state index in [-0.39, 0.29) is 11.3 Å². The summed E-state index contributed by atoms with van der Waals surface area (Å²) in [4.78, 5) is 34.0. The molecule has 6 nitrogen and oxygen atoms in total. The zero-order valence-corrected chi connectivity index (χ0v) is 9.22. The highest BCUT2D eigenvalue weighted by molar-refractivity contribution is 5.97. The number of hydrogen-bond donors (Lipinski definition) is 1. The molecule has 0 saturated heterocycles. The largest absolute Gasteiger partial charge is 0.481 e. The molecule has 17 heavy (non-hydrogen) atoms. The Morgan fingerprint density at radius 3 is 2.65 bits per heavy atom. The van der Waals surface area contributed by atoms with Crippen molar-refractivity contribution in [3.63, 3.8) is 0 Å². The first-order valence-electron chi connectivity index (χ1n) is 5.01. The van der Waals surface area contributed by atoms with Crippen LogP contribution in [0.15, 0.2) is 15.3 Å². The number of fused-ring (bicyclic) bond motifs is 1. The molecule has 0 bridgehead atoms. The van der Waals surface area contributed by atoms with Crippen molar-refractivity contribution in [3.05, 3.63) is 27.8 Å². The molecule has 0 aliphatic carbocycles. The molecular formula is C11H10O6. The lowest BCUT2D eigenvalue weighted by atomic mass is 9.86. The molecule has 1 aromatic heterocycles. The molecule has 0 aromatic carbocycles.